The molecular formula is C14H20ClN3O. The number of nitrogens with zero attached hydrogens (tertiary/aromatic N) is 1. The van der Waals surface area contributed by atoms with E-state index in [1.165, 1.54) is 0 Å². The summed E-state index contributed by atoms with van der Waals surface area (Å²) < 4.78 is 0. The van der Waals surface area contributed by atoms with Crippen LogP contribution in [0, 0.1) is 0 Å². The summed E-state index contributed by atoms with van der Waals surface area (Å²) in [7, 11) is 0. The molecule has 0 aliphatic carbocycles. The summed E-state index contributed by atoms with van der Waals surface area (Å²) in [4.78, 5) is 14.1. The van der Waals surface area contributed by atoms with Gasteiger partial charge < -0.3 is 10.6 Å². The Balaban J connectivity index is 1.80. The minimum absolute atomic E-state index is 0.0497. The van der Waals surface area contributed by atoms with Crippen LogP contribution in [0.1, 0.15) is 12.5 Å². The molecule has 0 bridgehead atoms. The maximum absolute atomic E-state index is 11.9. The van der Waals surface area contributed by atoms with Crippen molar-refractivity contribution in [3.8, 4) is 0 Å². The lowest BCUT2D eigenvalue weighted by Gasteiger charge is -2.33. The maximum Gasteiger partial charge on any atom is 0.234 e. The van der Waals surface area contributed by atoms with E-state index in [1.54, 1.807) is 0 Å². The predicted octanol–water partition coefficient (Wildman–Crippen LogP) is 1.25. The molecule has 0 aromatic heterocycles. The summed E-state index contributed by atoms with van der Waals surface area (Å²) in [5.41, 5.74) is 0.950. The Kier molecular flexibility index (Phi) is 5.19. The number of nitrogens with one attached hydrogen (secondary N) is 2. The van der Waals surface area contributed by atoms with E-state index in [4.69, 9.17) is 11.6 Å². The number of hydrogen-bond donors (Lipinski definition) is 2. The molecule has 0 spiro atoms. The van der Waals surface area contributed by atoms with Gasteiger partial charge in [0.1, 0.15) is 0 Å². The van der Waals surface area contributed by atoms with E-state index < -0.39 is 0 Å². The minimum Gasteiger partial charge on any atom is -0.351 e. The molecule has 0 radical (unpaired) electrons. The molecule has 1 aromatic rings. The zero-order valence-corrected chi connectivity index (χ0v) is 11.9. The molecule has 5 heteroatoms. The molecule has 1 aliphatic rings. The topological polar surface area (TPSA) is 44.4 Å². The molecule has 2 N–H and O–H groups in total. The van der Waals surface area contributed by atoms with Gasteiger partial charge in [0.15, 0.2) is 0 Å². The lowest BCUT2D eigenvalue weighted by atomic mass is 10.2. The second kappa shape index (κ2) is 6.89. The van der Waals surface area contributed by atoms with Crippen LogP contribution in [0.2, 0.25) is 5.02 Å². The van der Waals surface area contributed by atoms with Gasteiger partial charge in [0.05, 0.1) is 6.54 Å². The molecule has 1 fully saturated rings. The Bertz CT molecular complexity index is 438. The molecule has 19 heavy (non-hydrogen) atoms. The first-order valence-corrected chi connectivity index (χ1v) is 6.99. The fourth-order valence-corrected chi connectivity index (χ4v) is 2.40. The second-order valence-corrected chi connectivity index (χ2v) is 5.30. The van der Waals surface area contributed by atoms with Crippen LogP contribution in [0.15, 0.2) is 24.3 Å². The highest BCUT2D eigenvalue weighted by molar-refractivity contribution is 6.31. The highest BCUT2D eigenvalue weighted by Crippen LogP contribution is 2.14. The number of benzene rings is 1. The van der Waals surface area contributed by atoms with E-state index in [0.717, 1.165) is 25.2 Å². The van der Waals surface area contributed by atoms with Gasteiger partial charge >= 0.3 is 0 Å². The third-order valence-corrected chi connectivity index (χ3v) is 3.79. The third kappa shape index (κ3) is 4.20. The van der Waals surface area contributed by atoms with Gasteiger partial charge in [-0.05, 0) is 18.6 Å². The van der Waals surface area contributed by atoms with Crippen molar-refractivity contribution in [3.63, 3.8) is 0 Å². The summed E-state index contributed by atoms with van der Waals surface area (Å²) in [6.45, 7) is 5.88. The van der Waals surface area contributed by atoms with Crippen molar-refractivity contribution >= 4 is 17.5 Å². The van der Waals surface area contributed by atoms with Crippen LogP contribution in [0.3, 0.4) is 0 Å². The van der Waals surface area contributed by atoms with Gasteiger partial charge in [-0.1, -0.05) is 29.8 Å². The fraction of sp³-hybridized carbons (Fsp3) is 0.500. The number of carbonyl (C=O) groups is 1. The van der Waals surface area contributed by atoms with Gasteiger partial charge in [0.2, 0.25) is 5.91 Å². The maximum atomic E-state index is 11.9. The van der Waals surface area contributed by atoms with Gasteiger partial charge in [0.25, 0.3) is 0 Å². The Morgan fingerprint density at radius 2 is 2.32 bits per heavy atom. The Morgan fingerprint density at radius 3 is 3.05 bits per heavy atom. The number of halogens is 1. The van der Waals surface area contributed by atoms with Crippen molar-refractivity contribution < 1.29 is 4.79 Å². The lowest BCUT2D eigenvalue weighted by molar-refractivity contribution is -0.123. The molecule has 1 saturated heterocycles. The average Bonchev–Trinajstić information content (AvgIpc) is 2.40. The second-order valence-electron chi connectivity index (χ2n) is 4.89. The zero-order chi connectivity index (χ0) is 13.7. The monoisotopic (exact) mass is 281 g/mol. The fourth-order valence-electron chi connectivity index (χ4n) is 2.19. The van der Waals surface area contributed by atoms with Crippen molar-refractivity contribution in [3.05, 3.63) is 34.9 Å². The SMILES string of the molecule is C[C@@H]1CNCCN1CC(=O)NCc1ccccc1Cl. The lowest BCUT2D eigenvalue weighted by Crippen LogP contribution is -2.52. The highest BCUT2D eigenvalue weighted by atomic mass is 35.5. The Labute approximate surface area is 119 Å². The quantitative estimate of drug-likeness (QED) is 0.873. The van der Waals surface area contributed by atoms with Crippen LogP contribution >= 0.6 is 11.6 Å². The van der Waals surface area contributed by atoms with Crippen molar-refractivity contribution in [1.29, 1.82) is 0 Å². The Morgan fingerprint density at radius 1 is 1.53 bits per heavy atom. The molecule has 104 valence electrons. The number of rotatable bonds is 4. The molecule has 1 aromatic carbocycles. The summed E-state index contributed by atoms with van der Waals surface area (Å²) in [5.74, 6) is 0.0497. The van der Waals surface area contributed by atoms with Crippen molar-refractivity contribution in [1.82, 2.24) is 15.5 Å². The third-order valence-electron chi connectivity index (χ3n) is 3.42. The van der Waals surface area contributed by atoms with E-state index in [2.05, 4.69) is 22.5 Å². The van der Waals surface area contributed by atoms with Crippen LogP contribution in [-0.4, -0.2) is 43.0 Å². The van der Waals surface area contributed by atoms with Gasteiger partial charge in [-0.2, -0.15) is 0 Å². The summed E-state index contributed by atoms with van der Waals surface area (Å²) in [5, 5.41) is 6.93. The van der Waals surface area contributed by atoms with Crippen LogP contribution in [0.5, 0.6) is 0 Å². The van der Waals surface area contributed by atoms with Crippen LogP contribution in [0.25, 0.3) is 0 Å². The van der Waals surface area contributed by atoms with E-state index in [1.807, 2.05) is 24.3 Å². The number of carbonyl (C=O) groups excluding carboxylic acids is 1. The predicted molar refractivity (Wildman–Crippen MR) is 77.2 cm³/mol. The Hall–Kier alpha value is -1.10. The largest absolute Gasteiger partial charge is 0.351 e. The molecule has 0 unspecified atom stereocenters. The first-order chi connectivity index (χ1) is 9.16. The van der Waals surface area contributed by atoms with Gasteiger partial charge in [-0.15, -0.1) is 0 Å². The van der Waals surface area contributed by atoms with Crippen molar-refractivity contribution in [2.24, 2.45) is 0 Å². The molecule has 0 saturated carbocycles. The summed E-state index contributed by atoms with van der Waals surface area (Å²) >= 11 is 6.05. The van der Waals surface area contributed by atoms with Crippen molar-refractivity contribution in [2.75, 3.05) is 26.2 Å². The van der Waals surface area contributed by atoms with Crippen LogP contribution < -0.4 is 10.6 Å². The van der Waals surface area contributed by atoms with Gasteiger partial charge in [-0.3, -0.25) is 9.69 Å². The molecular weight excluding hydrogens is 262 g/mol. The van der Waals surface area contributed by atoms with Gasteiger partial charge in [0, 0.05) is 37.2 Å². The molecule has 4 nitrogen and oxygen atoms in total. The summed E-state index contributed by atoms with van der Waals surface area (Å²) in [6.07, 6.45) is 0. The van der Waals surface area contributed by atoms with Gasteiger partial charge in [-0.25, -0.2) is 0 Å². The molecule has 1 atom stereocenters. The highest BCUT2D eigenvalue weighted by Gasteiger charge is 2.19. The molecule has 1 amide bonds. The van der Waals surface area contributed by atoms with Crippen LogP contribution in [0.4, 0.5) is 0 Å². The smallest absolute Gasteiger partial charge is 0.234 e. The van der Waals surface area contributed by atoms with Crippen LogP contribution in [-0.2, 0) is 11.3 Å². The zero-order valence-electron chi connectivity index (χ0n) is 11.2. The number of amides is 1. The summed E-state index contributed by atoms with van der Waals surface area (Å²) in [6, 6.07) is 7.97. The molecule has 1 heterocycles. The first kappa shape index (κ1) is 14.3. The standard InChI is InChI=1S/C14H20ClN3O/c1-11-8-16-6-7-18(11)10-14(19)17-9-12-4-2-3-5-13(12)15/h2-5,11,16H,6-10H2,1H3,(H,17,19)/t11-/m1/s1. The van der Waals surface area contributed by atoms with E-state index in [0.29, 0.717) is 24.2 Å². The minimum atomic E-state index is 0.0497. The number of piperazine rings is 1. The van der Waals surface area contributed by atoms with E-state index in [-0.39, 0.29) is 5.91 Å². The molecule has 2 rings (SSSR count). The normalized spacial score (nSPS) is 20.2. The van der Waals surface area contributed by atoms with E-state index in [9.17, 15) is 4.79 Å². The van der Waals surface area contributed by atoms with E-state index >= 15 is 0 Å². The number of hydrogen-bond acceptors (Lipinski definition) is 3. The molecule has 1 aliphatic heterocycles. The average molecular weight is 282 g/mol. The van der Waals surface area contributed by atoms with Crippen molar-refractivity contribution in [2.45, 2.75) is 19.5 Å². The first-order valence-electron chi connectivity index (χ1n) is 6.61.